The standard InChI is InChI=1S/C27H26N2O3S/c1-27(2,3)32-25(31)21-10-6-5-9-20(21)19-15-13-18(14-16-19)17-29-24(30)22-11-7-8-12-23(22)28-26(29)33-4/h5-16H,17H2,1-4H3. The van der Waals surface area contributed by atoms with E-state index in [0.29, 0.717) is 28.2 Å². The third-order valence-corrected chi connectivity index (χ3v) is 5.84. The van der Waals surface area contributed by atoms with Crippen LogP contribution in [0.5, 0.6) is 0 Å². The van der Waals surface area contributed by atoms with E-state index in [1.54, 1.807) is 10.6 Å². The van der Waals surface area contributed by atoms with Gasteiger partial charge in [0.1, 0.15) is 5.60 Å². The van der Waals surface area contributed by atoms with E-state index in [9.17, 15) is 9.59 Å². The second kappa shape index (κ2) is 9.24. The summed E-state index contributed by atoms with van der Waals surface area (Å²) in [6.07, 6.45) is 1.92. The molecule has 0 N–H and O–H groups in total. The van der Waals surface area contributed by atoms with Gasteiger partial charge in [-0.15, -0.1) is 0 Å². The predicted molar refractivity (Wildman–Crippen MR) is 134 cm³/mol. The number of nitrogens with zero attached hydrogens (tertiary/aromatic N) is 2. The van der Waals surface area contributed by atoms with E-state index in [2.05, 4.69) is 4.98 Å². The number of carbonyl (C=O) groups is 1. The van der Waals surface area contributed by atoms with Crippen LogP contribution in [0.1, 0.15) is 36.7 Å². The number of aromatic nitrogens is 2. The molecule has 0 atom stereocenters. The number of carbonyl (C=O) groups excluding carboxylic acids is 1. The Morgan fingerprint density at radius 1 is 0.970 bits per heavy atom. The second-order valence-electron chi connectivity index (χ2n) is 8.75. The van der Waals surface area contributed by atoms with Gasteiger partial charge in [-0.1, -0.05) is 66.4 Å². The van der Waals surface area contributed by atoms with Crippen LogP contribution in [0.2, 0.25) is 0 Å². The number of fused-ring (bicyclic) bond motifs is 1. The Kier molecular flexibility index (Phi) is 6.38. The van der Waals surface area contributed by atoms with Crippen LogP contribution >= 0.6 is 11.8 Å². The first-order chi connectivity index (χ1) is 15.8. The van der Waals surface area contributed by atoms with Crippen molar-refractivity contribution in [3.63, 3.8) is 0 Å². The average Bonchev–Trinajstić information content (AvgIpc) is 2.80. The highest BCUT2D eigenvalue weighted by Crippen LogP contribution is 2.26. The van der Waals surface area contributed by atoms with E-state index >= 15 is 0 Å². The molecule has 4 aromatic rings. The summed E-state index contributed by atoms with van der Waals surface area (Å²) in [5.74, 6) is -0.347. The molecule has 0 bridgehead atoms. The maximum atomic E-state index is 13.1. The quantitative estimate of drug-likeness (QED) is 0.215. The molecule has 1 aromatic heterocycles. The Bertz CT molecular complexity index is 1370. The number of hydrogen-bond acceptors (Lipinski definition) is 5. The Balaban J connectivity index is 1.66. The summed E-state index contributed by atoms with van der Waals surface area (Å²) in [5, 5.41) is 1.29. The van der Waals surface area contributed by atoms with E-state index in [1.165, 1.54) is 11.8 Å². The molecule has 0 amide bonds. The molecule has 6 heteroatoms. The number of ether oxygens (including phenoxy) is 1. The number of para-hydroxylation sites is 1. The van der Waals surface area contributed by atoms with Crippen molar-refractivity contribution in [2.45, 2.75) is 38.1 Å². The van der Waals surface area contributed by atoms with E-state index in [4.69, 9.17) is 4.74 Å². The van der Waals surface area contributed by atoms with E-state index in [1.807, 2.05) is 93.8 Å². The molecular weight excluding hydrogens is 432 g/mol. The van der Waals surface area contributed by atoms with Crippen molar-refractivity contribution in [1.29, 1.82) is 0 Å². The third-order valence-electron chi connectivity index (χ3n) is 5.16. The first kappa shape index (κ1) is 22.8. The maximum Gasteiger partial charge on any atom is 0.339 e. The average molecular weight is 459 g/mol. The first-order valence-electron chi connectivity index (χ1n) is 10.7. The lowest BCUT2D eigenvalue weighted by atomic mass is 9.98. The van der Waals surface area contributed by atoms with Crippen molar-refractivity contribution in [1.82, 2.24) is 9.55 Å². The molecule has 3 aromatic carbocycles. The predicted octanol–water partition coefficient (Wildman–Crippen LogP) is 5.79. The summed E-state index contributed by atoms with van der Waals surface area (Å²) < 4.78 is 7.28. The highest BCUT2D eigenvalue weighted by Gasteiger charge is 2.20. The summed E-state index contributed by atoms with van der Waals surface area (Å²) in [7, 11) is 0. The Hall–Kier alpha value is -3.38. The van der Waals surface area contributed by atoms with Gasteiger partial charge in [-0.2, -0.15) is 0 Å². The van der Waals surface area contributed by atoms with E-state index in [-0.39, 0.29) is 11.5 Å². The monoisotopic (exact) mass is 458 g/mol. The zero-order chi connectivity index (χ0) is 23.6. The number of benzene rings is 3. The zero-order valence-corrected chi connectivity index (χ0v) is 20.0. The fourth-order valence-corrected chi connectivity index (χ4v) is 4.22. The molecule has 0 spiro atoms. The van der Waals surface area contributed by atoms with Crippen LogP contribution in [-0.4, -0.2) is 27.4 Å². The fraction of sp³-hybridized carbons (Fsp3) is 0.222. The van der Waals surface area contributed by atoms with Crippen LogP contribution in [0.4, 0.5) is 0 Å². The van der Waals surface area contributed by atoms with Crippen LogP contribution in [0.15, 0.2) is 82.7 Å². The smallest absolute Gasteiger partial charge is 0.339 e. The minimum atomic E-state index is -0.565. The van der Waals surface area contributed by atoms with Crippen molar-refractivity contribution in [3.05, 3.63) is 94.3 Å². The molecule has 4 rings (SSSR count). The molecule has 0 aliphatic rings. The van der Waals surface area contributed by atoms with Crippen LogP contribution in [0.3, 0.4) is 0 Å². The van der Waals surface area contributed by atoms with Gasteiger partial charge >= 0.3 is 5.97 Å². The first-order valence-corrected chi connectivity index (χ1v) is 11.9. The molecule has 0 aliphatic heterocycles. The van der Waals surface area contributed by atoms with Gasteiger partial charge in [-0.25, -0.2) is 9.78 Å². The largest absolute Gasteiger partial charge is 0.456 e. The number of thioether (sulfide) groups is 1. The lowest BCUT2D eigenvalue weighted by Crippen LogP contribution is -2.24. The lowest BCUT2D eigenvalue weighted by Gasteiger charge is -2.20. The van der Waals surface area contributed by atoms with Gasteiger partial charge in [0, 0.05) is 0 Å². The van der Waals surface area contributed by atoms with Crippen molar-refractivity contribution < 1.29 is 9.53 Å². The third kappa shape index (κ3) is 5.01. The van der Waals surface area contributed by atoms with Crippen molar-refractivity contribution in [2.24, 2.45) is 0 Å². The Morgan fingerprint density at radius 2 is 1.64 bits per heavy atom. The molecule has 5 nitrogen and oxygen atoms in total. The molecular formula is C27H26N2O3S. The van der Waals surface area contributed by atoms with Gasteiger partial charge in [0.15, 0.2) is 5.16 Å². The molecule has 0 saturated carbocycles. The van der Waals surface area contributed by atoms with Gasteiger partial charge in [0.05, 0.1) is 23.0 Å². The summed E-state index contributed by atoms with van der Waals surface area (Å²) in [5.41, 5.74) is 3.32. The highest BCUT2D eigenvalue weighted by atomic mass is 32.2. The number of esters is 1. The van der Waals surface area contributed by atoms with Gasteiger partial charge in [-0.3, -0.25) is 9.36 Å². The van der Waals surface area contributed by atoms with Crippen LogP contribution in [0, 0.1) is 0 Å². The van der Waals surface area contributed by atoms with Gasteiger partial charge in [0.25, 0.3) is 5.56 Å². The fourth-order valence-electron chi connectivity index (χ4n) is 3.66. The maximum absolute atomic E-state index is 13.1. The summed E-state index contributed by atoms with van der Waals surface area (Å²) in [6.45, 7) is 5.99. The van der Waals surface area contributed by atoms with Gasteiger partial charge < -0.3 is 4.74 Å². The minimum absolute atomic E-state index is 0.0516. The summed E-state index contributed by atoms with van der Waals surface area (Å²) >= 11 is 1.45. The van der Waals surface area contributed by atoms with Crippen LogP contribution < -0.4 is 5.56 Å². The Morgan fingerprint density at radius 3 is 2.33 bits per heavy atom. The minimum Gasteiger partial charge on any atom is -0.456 e. The molecule has 0 radical (unpaired) electrons. The SMILES string of the molecule is CSc1nc2ccccc2c(=O)n1Cc1ccc(-c2ccccc2C(=O)OC(C)(C)C)cc1. The van der Waals surface area contributed by atoms with Crippen molar-refractivity contribution in [3.8, 4) is 11.1 Å². The topological polar surface area (TPSA) is 61.2 Å². The van der Waals surface area contributed by atoms with Gasteiger partial charge in [-0.05, 0) is 61.9 Å². The van der Waals surface area contributed by atoms with Crippen LogP contribution in [-0.2, 0) is 11.3 Å². The molecule has 0 aliphatic carbocycles. The van der Waals surface area contributed by atoms with Crippen molar-refractivity contribution >= 4 is 28.6 Å². The van der Waals surface area contributed by atoms with E-state index < -0.39 is 5.60 Å². The van der Waals surface area contributed by atoms with Crippen molar-refractivity contribution in [2.75, 3.05) is 6.26 Å². The second-order valence-corrected chi connectivity index (χ2v) is 9.52. The van der Waals surface area contributed by atoms with E-state index in [0.717, 1.165) is 16.7 Å². The summed E-state index contributed by atoms with van der Waals surface area (Å²) in [6, 6.07) is 22.7. The summed E-state index contributed by atoms with van der Waals surface area (Å²) in [4.78, 5) is 30.5. The normalized spacial score (nSPS) is 11.5. The molecule has 33 heavy (non-hydrogen) atoms. The molecule has 168 valence electrons. The molecule has 0 fully saturated rings. The number of hydrogen-bond donors (Lipinski definition) is 0. The zero-order valence-electron chi connectivity index (χ0n) is 19.2. The molecule has 0 saturated heterocycles. The molecule has 1 heterocycles. The Labute approximate surface area is 197 Å². The highest BCUT2D eigenvalue weighted by molar-refractivity contribution is 7.98. The molecule has 0 unspecified atom stereocenters. The lowest BCUT2D eigenvalue weighted by molar-refractivity contribution is 0.00704. The number of rotatable bonds is 5. The van der Waals surface area contributed by atoms with Gasteiger partial charge in [0.2, 0.25) is 0 Å². The van der Waals surface area contributed by atoms with Crippen LogP contribution in [0.25, 0.3) is 22.0 Å².